The van der Waals surface area contributed by atoms with Crippen molar-refractivity contribution in [1.82, 2.24) is 9.88 Å². The van der Waals surface area contributed by atoms with Gasteiger partial charge in [0.25, 0.3) is 0 Å². The van der Waals surface area contributed by atoms with Crippen LogP contribution in [0.5, 0.6) is 5.88 Å². The van der Waals surface area contributed by atoms with E-state index in [-0.39, 0.29) is 31.3 Å². The van der Waals surface area contributed by atoms with Crippen LogP contribution in [-0.4, -0.2) is 42.5 Å². The molecule has 2 amide bonds. The average molecular weight is 339 g/mol. The highest BCUT2D eigenvalue weighted by molar-refractivity contribution is 5.90. The topological polar surface area (TPSA) is 54.5 Å². The zero-order valence-corrected chi connectivity index (χ0v) is 12.0. The lowest BCUT2D eigenvalue weighted by Crippen LogP contribution is -2.52. The Morgan fingerprint density at radius 3 is 2.61 bits per heavy atom. The van der Waals surface area contributed by atoms with Crippen molar-refractivity contribution in [3.05, 3.63) is 17.8 Å². The minimum Gasteiger partial charge on any atom is -0.481 e. The van der Waals surface area contributed by atoms with Crippen molar-refractivity contribution >= 4 is 11.7 Å². The monoisotopic (exact) mass is 339 g/mol. The lowest BCUT2D eigenvalue weighted by molar-refractivity contribution is -0.140. The largest absolute Gasteiger partial charge is 0.481 e. The fraction of sp³-hybridized carbons (Fsp3) is 0.538. The SMILES string of the molecule is COc1ccc(NC(=O)N2CC(CC(F)F)C2)c(C(F)(F)F)n1. The summed E-state index contributed by atoms with van der Waals surface area (Å²) in [6.45, 7) is 0.169. The molecule has 1 N–H and O–H groups in total. The number of nitrogens with zero attached hydrogens (tertiary/aromatic N) is 2. The van der Waals surface area contributed by atoms with Crippen LogP contribution < -0.4 is 10.1 Å². The highest BCUT2D eigenvalue weighted by atomic mass is 19.4. The van der Waals surface area contributed by atoms with Crippen LogP contribution in [0.4, 0.5) is 32.4 Å². The fourth-order valence-electron chi connectivity index (χ4n) is 2.20. The van der Waals surface area contributed by atoms with Crippen molar-refractivity contribution in [3.8, 4) is 5.88 Å². The molecule has 1 aromatic heterocycles. The molecule has 1 saturated heterocycles. The molecule has 1 fully saturated rings. The summed E-state index contributed by atoms with van der Waals surface area (Å²) >= 11 is 0. The van der Waals surface area contributed by atoms with Crippen molar-refractivity contribution in [2.75, 3.05) is 25.5 Å². The molecule has 128 valence electrons. The molecule has 1 aliphatic rings. The van der Waals surface area contributed by atoms with Crippen LogP contribution in [0, 0.1) is 5.92 Å². The number of rotatable bonds is 4. The Labute approximate surface area is 128 Å². The molecule has 5 nitrogen and oxygen atoms in total. The first-order chi connectivity index (χ1) is 10.7. The first kappa shape index (κ1) is 17.2. The predicted octanol–water partition coefficient (Wildman–Crippen LogP) is 3.23. The molecule has 0 aromatic carbocycles. The standard InChI is InChI=1S/C13H14F5N3O2/c1-23-10-3-2-8(11(20-10)13(16,17)18)19-12(22)21-5-7(6-21)4-9(14)15/h2-3,7,9H,4-6H2,1H3,(H,19,22). The minimum absolute atomic E-state index is 0.0844. The zero-order chi connectivity index (χ0) is 17.2. The third-order valence-electron chi connectivity index (χ3n) is 3.34. The quantitative estimate of drug-likeness (QED) is 0.857. The summed E-state index contributed by atoms with van der Waals surface area (Å²) in [6.07, 6.45) is -7.57. The smallest absolute Gasteiger partial charge is 0.435 e. The van der Waals surface area contributed by atoms with Crippen LogP contribution in [0.15, 0.2) is 12.1 Å². The van der Waals surface area contributed by atoms with Gasteiger partial charge in [-0.2, -0.15) is 13.2 Å². The molecule has 23 heavy (non-hydrogen) atoms. The minimum atomic E-state index is -4.77. The van der Waals surface area contributed by atoms with Crippen LogP contribution in [0.2, 0.25) is 0 Å². The van der Waals surface area contributed by atoms with E-state index >= 15 is 0 Å². The number of alkyl halides is 5. The summed E-state index contributed by atoms with van der Waals surface area (Å²) in [5.41, 5.74) is -1.80. The number of carbonyl (C=O) groups excluding carboxylic acids is 1. The van der Waals surface area contributed by atoms with Gasteiger partial charge in [0.05, 0.1) is 12.8 Å². The van der Waals surface area contributed by atoms with Gasteiger partial charge in [0.2, 0.25) is 12.3 Å². The maximum atomic E-state index is 13.0. The molecule has 1 aromatic rings. The number of pyridine rings is 1. The zero-order valence-electron chi connectivity index (χ0n) is 12.0. The van der Waals surface area contributed by atoms with Gasteiger partial charge in [-0.15, -0.1) is 0 Å². The second kappa shape index (κ2) is 6.55. The van der Waals surface area contributed by atoms with Crippen LogP contribution in [0.3, 0.4) is 0 Å². The molecule has 0 saturated carbocycles. The predicted molar refractivity (Wildman–Crippen MR) is 70.5 cm³/mol. The van der Waals surface area contributed by atoms with Crippen molar-refractivity contribution in [1.29, 1.82) is 0 Å². The van der Waals surface area contributed by atoms with Crippen LogP contribution in [0.25, 0.3) is 0 Å². The van der Waals surface area contributed by atoms with E-state index in [0.717, 1.165) is 11.0 Å². The van der Waals surface area contributed by atoms with E-state index < -0.39 is 30.0 Å². The maximum absolute atomic E-state index is 13.0. The molecular formula is C13H14F5N3O2. The van der Waals surface area contributed by atoms with E-state index in [4.69, 9.17) is 0 Å². The van der Waals surface area contributed by atoms with E-state index in [0.29, 0.717) is 0 Å². The van der Waals surface area contributed by atoms with Gasteiger partial charge in [-0.3, -0.25) is 0 Å². The number of hydrogen-bond acceptors (Lipinski definition) is 3. The Balaban J connectivity index is 2.04. The average Bonchev–Trinajstić information content (AvgIpc) is 2.41. The van der Waals surface area contributed by atoms with Gasteiger partial charge in [0, 0.05) is 25.6 Å². The molecule has 2 heterocycles. The summed E-state index contributed by atoms with van der Waals surface area (Å²) < 4.78 is 67.8. The molecule has 1 aliphatic heterocycles. The van der Waals surface area contributed by atoms with Crippen LogP contribution in [-0.2, 0) is 6.18 Å². The van der Waals surface area contributed by atoms with Crippen molar-refractivity contribution < 1.29 is 31.5 Å². The van der Waals surface area contributed by atoms with Gasteiger partial charge in [-0.1, -0.05) is 0 Å². The number of nitrogens with one attached hydrogen (secondary N) is 1. The van der Waals surface area contributed by atoms with E-state index in [1.807, 2.05) is 0 Å². The Bertz CT molecular complexity index is 573. The number of carbonyl (C=O) groups is 1. The molecule has 0 aliphatic carbocycles. The van der Waals surface area contributed by atoms with Crippen molar-refractivity contribution in [3.63, 3.8) is 0 Å². The van der Waals surface area contributed by atoms with Crippen LogP contribution in [0.1, 0.15) is 12.1 Å². The third-order valence-corrected chi connectivity index (χ3v) is 3.34. The second-order valence-corrected chi connectivity index (χ2v) is 5.08. The van der Waals surface area contributed by atoms with E-state index in [9.17, 15) is 26.7 Å². The Morgan fingerprint density at radius 1 is 1.43 bits per heavy atom. The van der Waals surface area contributed by atoms with Gasteiger partial charge in [-0.05, 0) is 12.0 Å². The van der Waals surface area contributed by atoms with E-state index in [1.54, 1.807) is 0 Å². The van der Waals surface area contributed by atoms with Gasteiger partial charge < -0.3 is 15.0 Å². The lowest BCUT2D eigenvalue weighted by Gasteiger charge is -2.39. The van der Waals surface area contributed by atoms with Gasteiger partial charge in [0.15, 0.2) is 5.69 Å². The lowest BCUT2D eigenvalue weighted by atomic mass is 9.97. The molecule has 0 spiro atoms. The first-order valence-corrected chi connectivity index (χ1v) is 6.67. The molecular weight excluding hydrogens is 325 g/mol. The summed E-state index contributed by atoms with van der Waals surface area (Å²) in [5, 5.41) is 2.11. The molecule has 2 rings (SSSR count). The van der Waals surface area contributed by atoms with Crippen LogP contribution >= 0.6 is 0 Å². The summed E-state index contributed by atoms with van der Waals surface area (Å²) in [7, 11) is 1.17. The Hall–Kier alpha value is -2.13. The number of aromatic nitrogens is 1. The summed E-state index contributed by atoms with van der Waals surface area (Å²) in [4.78, 5) is 16.3. The summed E-state index contributed by atoms with van der Waals surface area (Å²) in [6, 6.07) is 1.43. The number of hydrogen-bond donors (Lipinski definition) is 1. The summed E-state index contributed by atoms with van der Waals surface area (Å²) in [5.74, 6) is -0.576. The number of amides is 2. The van der Waals surface area contributed by atoms with Gasteiger partial charge in [-0.25, -0.2) is 18.6 Å². The van der Waals surface area contributed by atoms with E-state index in [2.05, 4.69) is 15.0 Å². The molecule has 0 radical (unpaired) electrons. The van der Waals surface area contributed by atoms with Gasteiger partial charge >= 0.3 is 12.2 Å². The second-order valence-electron chi connectivity index (χ2n) is 5.08. The molecule has 0 unspecified atom stereocenters. The highest BCUT2D eigenvalue weighted by Gasteiger charge is 2.38. The number of likely N-dealkylation sites (tertiary alicyclic amines) is 1. The normalized spacial score (nSPS) is 15.5. The number of urea groups is 1. The third kappa shape index (κ3) is 4.20. The number of methoxy groups -OCH3 is 1. The Morgan fingerprint density at radius 2 is 2.09 bits per heavy atom. The maximum Gasteiger partial charge on any atom is 0.435 e. The Kier molecular flexibility index (Phi) is 4.90. The molecule has 0 atom stereocenters. The fourth-order valence-corrected chi connectivity index (χ4v) is 2.20. The number of anilines is 1. The number of ether oxygens (including phenoxy) is 1. The first-order valence-electron chi connectivity index (χ1n) is 6.67. The van der Waals surface area contributed by atoms with Crippen molar-refractivity contribution in [2.45, 2.75) is 19.0 Å². The van der Waals surface area contributed by atoms with Crippen molar-refractivity contribution in [2.24, 2.45) is 5.92 Å². The number of halogens is 5. The van der Waals surface area contributed by atoms with E-state index in [1.165, 1.54) is 13.2 Å². The molecule has 10 heteroatoms. The highest BCUT2D eigenvalue weighted by Crippen LogP contribution is 2.35. The van der Waals surface area contributed by atoms with Gasteiger partial charge in [0.1, 0.15) is 0 Å². The molecule has 0 bridgehead atoms.